The molecule has 22 heavy (non-hydrogen) atoms. The average molecular weight is 315 g/mol. The molecule has 1 atom stereocenters. The van der Waals surface area contributed by atoms with Gasteiger partial charge in [0, 0.05) is 16.1 Å². The van der Waals surface area contributed by atoms with E-state index in [1.807, 2.05) is 37.3 Å². The van der Waals surface area contributed by atoms with Gasteiger partial charge in [0.05, 0.1) is 6.04 Å². The molecule has 0 aliphatic carbocycles. The summed E-state index contributed by atoms with van der Waals surface area (Å²) in [7, 11) is 0. The Labute approximate surface area is 133 Å². The van der Waals surface area contributed by atoms with E-state index < -0.39 is 0 Å². The maximum atomic E-state index is 12.0. The van der Waals surface area contributed by atoms with Crippen molar-refractivity contribution in [3.05, 3.63) is 65.4 Å². The van der Waals surface area contributed by atoms with E-state index in [2.05, 4.69) is 10.6 Å². The summed E-state index contributed by atoms with van der Waals surface area (Å²) in [6.45, 7) is 1.87. The van der Waals surface area contributed by atoms with Gasteiger partial charge in [-0.05, 0) is 43.3 Å². The lowest BCUT2D eigenvalue weighted by atomic mass is 10.2. The molecule has 5 heteroatoms. The predicted molar refractivity (Wildman–Crippen MR) is 88.2 cm³/mol. The van der Waals surface area contributed by atoms with Crippen molar-refractivity contribution < 1.29 is 9.21 Å². The number of hydrogen-bond donors (Lipinski definition) is 2. The Morgan fingerprint density at radius 3 is 2.59 bits per heavy atom. The van der Waals surface area contributed by atoms with Crippen LogP contribution >= 0.6 is 11.6 Å². The maximum Gasteiger partial charge on any atom is 0.319 e. The molecule has 2 aromatic carbocycles. The highest BCUT2D eigenvalue weighted by Crippen LogP contribution is 2.23. The Balaban J connectivity index is 1.66. The van der Waals surface area contributed by atoms with Crippen molar-refractivity contribution in [3.63, 3.8) is 0 Å². The summed E-state index contributed by atoms with van der Waals surface area (Å²) < 4.78 is 5.74. The van der Waals surface area contributed by atoms with Gasteiger partial charge in [-0.25, -0.2) is 4.79 Å². The van der Waals surface area contributed by atoms with Crippen LogP contribution in [0, 0.1) is 0 Å². The minimum absolute atomic E-state index is 0.236. The van der Waals surface area contributed by atoms with Crippen LogP contribution in [0.2, 0.25) is 5.02 Å². The maximum absolute atomic E-state index is 12.0. The van der Waals surface area contributed by atoms with Crippen LogP contribution in [0.15, 0.2) is 59.0 Å². The number of rotatable bonds is 3. The first-order valence-electron chi connectivity index (χ1n) is 6.93. The number of furan rings is 1. The van der Waals surface area contributed by atoms with Gasteiger partial charge in [0.25, 0.3) is 0 Å². The molecule has 0 saturated carbocycles. The number of hydrogen-bond acceptors (Lipinski definition) is 2. The zero-order chi connectivity index (χ0) is 15.5. The predicted octanol–water partition coefficient (Wildman–Crippen LogP) is 4.97. The summed E-state index contributed by atoms with van der Waals surface area (Å²) in [6.07, 6.45) is 0. The van der Waals surface area contributed by atoms with Crippen LogP contribution in [0.5, 0.6) is 0 Å². The Kier molecular flexibility index (Phi) is 4.02. The van der Waals surface area contributed by atoms with Crippen LogP contribution in [-0.2, 0) is 0 Å². The van der Waals surface area contributed by atoms with Gasteiger partial charge in [0.15, 0.2) is 0 Å². The third-order valence-electron chi connectivity index (χ3n) is 3.32. The topological polar surface area (TPSA) is 54.3 Å². The van der Waals surface area contributed by atoms with Crippen molar-refractivity contribution in [2.75, 3.05) is 5.32 Å². The normalized spacial score (nSPS) is 12.1. The number of benzene rings is 2. The second-order valence-electron chi connectivity index (χ2n) is 5.01. The first kappa shape index (κ1) is 14.5. The fraction of sp³-hybridized carbons (Fsp3) is 0.118. The molecule has 0 radical (unpaired) electrons. The van der Waals surface area contributed by atoms with E-state index in [1.165, 1.54) is 0 Å². The van der Waals surface area contributed by atoms with Crippen molar-refractivity contribution in [3.8, 4) is 0 Å². The third kappa shape index (κ3) is 3.23. The Bertz CT molecular complexity index is 763. The van der Waals surface area contributed by atoms with Crippen molar-refractivity contribution >= 4 is 34.3 Å². The molecule has 3 rings (SSSR count). The van der Waals surface area contributed by atoms with Gasteiger partial charge in [-0.1, -0.05) is 29.8 Å². The molecule has 0 bridgehead atoms. The Morgan fingerprint density at radius 2 is 1.86 bits per heavy atom. The summed E-state index contributed by atoms with van der Waals surface area (Å²) in [5.41, 5.74) is 1.49. The van der Waals surface area contributed by atoms with Gasteiger partial charge in [-0.15, -0.1) is 0 Å². The van der Waals surface area contributed by atoms with E-state index >= 15 is 0 Å². The standard InChI is InChI=1S/C17H15ClN2O2/c1-11(16-10-12-4-2-3-5-15(12)22-16)19-17(21)20-14-8-6-13(18)7-9-14/h2-11H,1H3,(H2,19,20,21). The molecule has 0 aliphatic rings. The van der Waals surface area contributed by atoms with Crippen molar-refractivity contribution in [2.24, 2.45) is 0 Å². The molecule has 1 heterocycles. The van der Waals surface area contributed by atoms with E-state index in [1.54, 1.807) is 24.3 Å². The van der Waals surface area contributed by atoms with E-state index in [0.29, 0.717) is 16.5 Å². The molecule has 1 unspecified atom stereocenters. The smallest absolute Gasteiger partial charge is 0.319 e. The number of anilines is 1. The fourth-order valence-corrected chi connectivity index (χ4v) is 2.31. The quantitative estimate of drug-likeness (QED) is 0.717. The van der Waals surface area contributed by atoms with Gasteiger partial charge >= 0.3 is 6.03 Å². The lowest BCUT2D eigenvalue weighted by Gasteiger charge is -2.12. The Hall–Kier alpha value is -2.46. The average Bonchev–Trinajstić information content (AvgIpc) is 2.93. The molecule has 1 aromatic heterocycles. The molecule has 2 amide bonds. The number of fused-ring (bicyclic) bond motifs is 1. The number of nitrogens with one attached hydrogen (secondary N) is 2. The Morgan fingerprint density at radius 1 is 1.14 bits per heavy atom. The third-order valence-corrected chi connectivity index (χ3v) is 3.57. The van der Waals surface area contributed by atoms with Crippen LogP contribution in [0.1, 0.15) is 18.7 Å². The summed E-state index contributed by atoms with van der Waals surface area (Å²) in [6, 6.07) is 16.1. The van der Waals surface area contributed by atoms with E-state index in [9.17, 15) is 4.79 Å². The molecule has 0 aliphatic heterocycles. The zero-order valence-electron chi connectivity index (χ0n) is 12.0. The van der Waals surface area contributed by atoms with Crippen molar-refractivity contribution in [1.82, 2.24) is 5.32 Å². The molecule has 112 valence electrons. The van der Waals surface area contributed by atoms with E-state index in [4.69, 9.17) is 16.0 Å². The van der Waals surface area contributed by atoms with Gasteiger partial charge < -0.3 is 15.1 Å². The summed E-state index contributed by atoms with van der Waals surface area (Å²) >= 11 is 5.81. The van der Waals surface area contributed by atoms with Crippen LogP contribution in [0.4, 0.5) is 10.5 Å². The molecule has 0 saturated heterocycles. The summed E-state index contributed by atoms with van der Waals surface area (Å²) in [5, 5.41) is 7.24. The second kappa shape index (κ2) is 6.12. The van der Waals surface area contributed by atoms with Gasteiger partial charge in [-0.3, -0.25) is 0 Å². The number of amides is 2. The summed E-state index contributed by atoms with van der Waals surface area (Å²) in [4.78, 5) is 12.0. The molecule has 0 spiro atoms. The van der Waals surface area contributed by atoms with Crippen LogP contribution in [-0.4, -0.2) is 6.03 Å². The monoisotopic (exact) mass is 314 g/mol. The number of para-hydroxylation sites is 1. The molecule has 4 nitrogen and oxygen atoms in total. The summed E-state index contributed by atoms with van der Waals surface area (Å²) in [5.74, 6) is 0.715. The highest BCUT2D eigenvalue weighted by molar-refractivity contribution is 6.30. The van der Waals surface area contributed by atoms with Gasteiger partial charge in [0.2, 0.25) is 0 Å². The second-order valence-corrected chi connectivity index (χ2v) is 5.45. The molecule has 3 aromatic rings. The number of carbonyl (C=O) groups excluding carboxylic acids is 1. The molecule has 2 N–H and O–H groups in total. The van der Waals surface area contributed by atoms with E-state index in [-0.39, 0.29) is 12.1 Å². The van der Waals surface area contributed by atoms with Gasteiger partial charge in [0.1, 0.15) is 11.3 Å². The molecule has 0 fully saturated rings. The largest absolute Gasteiger partial charge is 0.459 e. The first-order chi connectivity index (χ1) is 10.6. The van der Waals surface area contributed by atoms with Crippen LogP contribution in [0.25, 0.3) is 11.0 Å². The van der Waals surface area contributed by atoms with Crippen molar-refractivity contribution in [2.45, 2.75) is 13.0 Å². The van der Waals surface area contributed by atoms with Crippen LogP contribution < -0.4 is 10.6 Å². The number of halogens is 1. The van der Waals surface area contributed by atoms with Crippen LogP contribution in [0.3, 0.4) is 0 Å². The zero-order valence-corrected chi connectivity index (χ0v) is 12.7. The van der Waals surface area contributed by atoms with E-state index in [0.717, 1.165) is 11.0 Å². The fourth-order valence-electron chi connectivity index (χ4n) is 2.18. The lowest BCUT2D eigenvalue weighted by Crippen LogP contribution is -2.30. The first-order valence-corrected chi connectivity index (χ1v) is 7.31. The molecular formula is C17H15ClN2O2. The minimum atomic E-state index is -0.296. The highest BCUT2D eigenvalue weighted by Gasteiger charge is 2.14. The minimum Gasteiger partial charge on any atom is -0.459 e. The van der Waals surface area contributed by atoms with Gasteiger partial charge in [-0.2, -0.15) is 0 Å². The number of carbonyl (C=O) groups is 1. The highest BCUT2D eigenvalue weighted by atomic mass is 35.5. The molecular weight excluding hydrogens is 300 g/mol. The lowest BCUT2D eigenvalue weighted by molar-refractivity contribution is 0.248. The number of urea groups is 1. The van der Waals surface area contributed by atoms with Crippen molar-refractivity contribution in [1.29, 1.82) is 0 Å². The SMILES string of the molecule is CC(NC(=O)Nc1ccc(Cl)cc1)c1cc2ccccc2o1.